The van der Waals surface area contributed by atoms with Crippen molar-refractivity contribution < 1.29 is 15.0 Å². The van der Waals surface area contributed by atoms with Gasteiger partial charge in [-0.3, -0.25) is 4.79 Å². The Bertz CT molecular complexity index is 571. The number of aromatic hydroxyl groups is 1. The predicted octanol–water partition coefficient (Wildman–Crippen LogP) is 2.99. The Morgan fingerprint density at radius 1 is 1.11 bits per heavy atom. The third-order valence-corrected chi connectivity index (χ3v) is 2.78. The first kappa shape index (κ1) is 12.2. The number of aliphatic carboxylic acids is 1. The predicted molar refractivity (Wildman–Crippen MR) is 69.6 cm³/mol. The summed E-state index contributed by atoms with van der Waals surface area (Å²) in [5.41, 5.74) is 3.36. The molecule has 18 heavy (non-hydrogen) atoms. The average Bonchev–Trinajstić information content (AvgIpc) is 2.32. The van der Waals surface area contributed by atoms with Gasteiger partial charge in [-0.05, 0) is 30.2 Å². The molecule has 0 amide bonds. The number of phenols is 1. The molecule has 0 unspecified atom stereocenters. The lowest BCUT2D eigenvalue weighted by Gasteiger charge is -2.07. The molecule has 0 saturated carbocycles. The molecule has 2 N–H and O–H groups in total. The molecule has 0 aliphatic heterocycles. The van der Waals surface area contributed by atoms with Crippen molar-refractivity contribution in [3.05, 3.63) is 53.6 Å². The molecule has 3 heteroatoms. The molecular formula is C15H14O3. The minimum absolute atomic E-state index is 0.0425. The first-order chi connectivity index (χ1) is 8.56. The van der Waals surface area contributed by atoms with Crippen LogP contribution in [-0.4, -0.2) is 16.2 Å². The molecule has 3 nitrogen and oxygen atoms in total. The quantitative estimate of drug-likeness (QED) is 0.869. The van der Waals surface area contributed by atoms with Gasteiger partial charge in [0.1, 0.15) is 5.75 Å². The molecule has 0 saturated heterocycles. The number of aryl methyl sites for hydroxylation is 1. The molecule has 2 rings (SSSR count). The van der Waals surface area contributed by atoms with E-state index < -0.39 is 5.97 Å². The molecule has 0 heterocycles. The summed E-state index contributed by atoms with van der Waals surface area (Å²) >= 11 is 0. The van der Waals surface area contributed by atoms with Gasteiger partial charge in [0.2, 0.25) is 0 Å². The Kier molecular flexibility index (Phi) is 3.33. The largest absolute Gasteiger partial charge is 0.507 e. The third kappa shape index (κ3) is 2.69. The summed E-state index contributed by atoms with van der Waals surface area (Å²) in [4.78, 5) is 10.7. The minimum atomic E-state index is -0.879. The highest BCUT2D eigenvalue weighted by molar-refractivity contribution is 5.74. The van der Waals surface area contributed by atoms with Crippen LogP contribution < -0.4 is 0 Å². The molecule has 0 radical (unpaired) electrons. The third-order valence-electron chi connectivity index (χ3n) is 2.78. The van der Waals surface area contributed by atoms with Crippen LogP contribution in [0.4, 0.5) is 0 Å². The fourth-order valence-electron chi connectivity index (χ4n) is 1.83. The van der Waals surface area contributed by atoms with Crippen molar-refractivity contribution in [2.45, 2.75) is 13.3 Å². The number of carboxylic acid groups (broad SMARTS) is 1. The van der Waals surface area contributed by atoms with Crippen LogP contribution in [0.5, 0.6) is 5.75 Å². The van der Waals surface area contributed by atoms with E-state index in [0.717, 1.165) is 11.1 Å². The molecule has 0 atom stereocenters. The van der Waals surface area contributed by atoms with Crippen LogP contribution >= 0.6 is 0 Å². The maximum Gasteiger partial charge on any atom is 0.307 e. The van der Waals surface area contributed by atoms with Crippen molar-refractivity contribution in [3.63, 3.8) is 0 Å². The SMILES string of the molecule is Cc1ccc(-c2cc(CC(=O)O)ccc2O)cc1. The van der Waals surface area contributed by atoms with Gasteiger partial charge in [0, 0.05) is 5.56 Å². The number of benzene rings is 2. The summed E-state index contributed by atoms with van der Waals surface area (Å²) in [5, 5.41) is 18.6. The Balaban J connectivity index is 2.42. The first-order valence-electron chi connectivity index (χ1n) is 5.67. The Hall–Kier alpha value is -2.29. The number of carboxylic acids is 1. The van der Waals surface area contributed by atoms with Crippen LogP contribution in [0.25, 0.3) is 11.1 Å². The highest BCUT2D eigenvalue weighted by atomic mass is 16.4. The second kappa shape index (κ2) is 4.92. The molecule has 0 spiro atoms. The number of phenolic OH excluding ortho intramolecular Hbond substituents is 1. The van der Waals surface area contributed by atoms with Gasteiger partial charge in [-0.2, -0.15) is 0 Å². The van der Waals surface area contributed by atoms with E-state index in [4.69, 9.17) is 5.11 Å². The number of hydrogen-bond acceptors (Lipinski definition) is 2. The highest BCUT2D eigenvalue weighted by Crippen LogP contribution is 2.30. The van der Waals surface area contributed by atoms with Crippen molar-refractivity contribution in [2.24, 2.45) is 0 Å². The van der Waals surface area contributed by atoms with Gasteiger partial charge in [0.25, 0.3) is 0 Å². The average molecular weight is 242 g/mol. The van der Waals surface area contributed by atoms with Gasteiger partial charge >= 0.3 is 5.97 Å². The van der Waals surface area contributed by atoms with Gasteiger partial charge in [0.05, 0.1) is 6.42 Å². The number of hydrogen-bond donors (Lipinski definition) is 2. The minimum Gasteiger partial charge on any atom is -0.507 e. The summed E-state index contributed by atoms with van der Waals surface area (Å²) < 4.78 is 0. The van der Waals surface area contributed by atoms with Gasteiger partial charge in [-0.1, -0.05) is 35.9 Å². The maximum absolute atomic E-state index is 10.7. The lowest BCUT2D eigenvalue weighted by atomic mass is 10.00. The van der Waals surface area contributed by atoms with E-state index >= 15 is 0 Å². The van der Waals surface area contributed by atoms with Gasteiger partial charge in [-0.15, -0.1) is 0 Å². The number of rotatable bonds is 3. The van der Waals surface area contributed by atoms with E-state index in [0.29, 0.717) is 11.1 Å². The second-order valence-electron chi connectivity index (χ2n) is 4.29. The van der Waals surface area contributed by atoms with Crippen molar-refractivity contribution in [2.75, 3.05) is 0 Å². The highest BCUT2D eigenvalue weighted by Gasteiger charge is 2.07. The molecule has 0 aliphatic rings. The lowest BCUT2D eigenvalue weighted by molar-refractivity contribution is -0.136. The molecule has 2 aromatic rings. The van der Waals surface area contributed by atoms with Crippen LogP contribution in [-0.2, 0) is 11.2 Å². The molecule has 92 valence electrons. The van der Waals surface area contributed by atoms with Crippen LogP contribution in [0.15, 0.2) is 42.5 Å². The monoisotopic (exact) mass is 242 g/mol. The van der Waals surface area contributed by atoms with Crippen LogP contribution in [0.3, 0.4) is 0 Å². The van der Waals surface area contributed by atoms with Gasteiger partial charge in [-0.25, -0.2) is 0 Å². The zero-order valence-electron chi connectivity index (χ0n) is 10.1. The van der Waals surface area contributed by atoms with Crippen molar-refractivity contribution in [1.82, 2.24) is 0 Å². The van der Waals surface area contributed by atoms with E-state index in [2.05, 4.69) is 0 Å². The normalized spacial score (nSPS) is 10.3. The molecule has 0 fully saturated rings. The molecular weight excluding hydrogens is 228 g/mol. The van der Waals surface area contributed by atoms with Gasteiger partial charge < -0.3 is 10.2 Å². The zero-order valence-corrected chi connectivity index (χ0v) is 10.1. The number of carbonyl (C=O) groups is 1. The molecule has 0 aliphatic carbocycles. The van der Waals surface area contributed by atoms with E-state index in [-0.39, 0.29) is 12.2 Å². The summed E-state index contributed by atoms with van der Waals surface area (Å²) in [7, 11) is 0. The first-order valence-corrected chi connectivity index (χ1v) is 5.67. The Morgan fingerprint density at radius 3 is 2.39 bits per heavy atom. The van der Waals surface area contributed by atoms with Crippen molar-refractivity contribution >= 4 is 5.97 Å². The lowest BCUT2D eigenvalue weighted by Crippen LogP contribution is -1.99. The van der Waals surface area contributed by atoms with Gasteiger partial charge in [0.15, 0.2) is 0 Å². The van der Waals surface area contributed by atoms with Crippen molar-refractivity contribution in [3.8, 4) is 16.9 Å². The smallest absolute Gasteiger partial charge is 0.307 e. The van der Waals surface area contributed by atoms with E-state index in [1.54, 1.807) is 12.1 Å². The summed E-state index contributed by atoms with van der Waals surface area (Å²) in [6.45, 7) is 1.99. The topological polar surface area (TPSA) is 57.5 Å². The fraction of sp³-hybridized carbons (Fsp3) is 0.133. The van der Waals surface area contributed by atoms with Crippen LogP contribution in [0.1, 0.15) is 11.1 Å². The summed E-state index contributed by atoms with van der Waals surface area (Å²) in [5.74, 6) is -0.719. The van der Waals surface area contributed by atoms with E-state index in [9.17, 15) is 9.90 Å². The van der Waals surface area contributed by atoms with Crippen LogP contribution in [0, 0.1) is 6.92 Å². The Morgan fingerprint density at radius 2 is 1.78 bits per heavy atom. The fourth-order valence-corrected chi connectivity index (χ4v) is 1.83. The Labute approximate surface area is 105 Å². The maximum atomic E-state index is 10.7. The molecule has 2 aromatic carbocycles. The van der Waals surface area contributed by atoms with E-state index in [1.807, 2.05) is 31.2 Å². The van der Waals surface area contributed by atoms with Crippen LogP contribution in [0.2, 0.25) is 0 Å². The van der Waals surface area contributed by atoms with Crippen molar-refractivity contribution in [1.29, 1.82) is 0 Å². The molecule has 0 bridgehead atoms. The summed E-state index contributed by atoms with van der Waals surface area (Å²) in [6.07, 6.45) is -0.0425. The zero-order chi connectivity index (χ0) is 13.1. The summed E-state index contributed by atoms with van der Waals surface area (Å²) in [6, 6.07) is 12.6. The standard InChI is InChI=1S/C15H14O3/c1-10-2-5-12(6-3-10)13-8-11(9-15(17)18)4-7-14(13)16/h2-8,16H,9H2,1H3,(H,17,18). The molecule has 0 aromatic heterocycles. The second-order valence-corrected chi connectivity index (χ2v) is 4.29. The van der Waals surface area contributed by atoms with E-state index in [1.165, 1.54) is 6.07 Å².